The fraction of sp³-hybridized carbons (Fsp3) is 0.0556. The minimum absolute atomic E-state index is 0.189. The zero-order chi connectivity index (χ0) is 17.9. The SMILES string of the molecule is O=C(Nc1cccnc1)c1ccc(-c2cc(C(F)(F)F)ccn2)cc1. The quantitative estimate of drug-likeness (QED) is 0.766. The summed E-state index contributed by atoms with van der Waals surface area (Å²) in [4.78, 5) is 20.0. The third kappa shape index (κ3) is 4.00. The lowest BCUT2D eigenvalue weighted by atomic mass is 10.1. The van der Waals surface area contributed by atoms with Gasteiger partial charge in [-0.2, -0.15) is 13.2 Å². The number of halogens is 3. The van der Waals surface area contributed by atoms with E-state index in [4.69, 9.17) is 0 Å². The van der Waals surface area contributed by atoms with E-state index in [-0.39, 0.29) is 11.6 Å². The van der Waals surface area contributed by atoms with Crippen molar-refractivity contribution in [3.05, 3.63) is 78.2 Å². The molecule has 0 atom stereocenters. The Balaban J connectivity index is 1.80. The van der Waals surface area contributed by atoms with E-state index in [0.717, 1.165) is 18.3 Å². The first-order chi connectivity index (χ1) is 11.9. The lowest BCUT2D eigenvalue weighted by Gasteiger charge is -2.09. The highest BCUT2D eigenvalue weighted by atomic mass is 19.4. The van der Waals surface area contributed by atoms with Crippen molar-refractivity contribution in [2.75, 3.05) is 5.32 Å². The summed E-state index contributed by atoms with van der Waals surface area (Å²) < 4.78 is 38.3. The number of anilines is 1. The largest absolute Gasteiger partial charge is 0.416 e. The molecule has 0 spiro atoms. The smallest absolute Gasteiger partial charge is 0.321 e. The van der Waals surface area contributed by atoms with Crippen molar-refractivity contribution in [3.63, 3.8) is 0 Å². The van der Waals surface area contributed by atoms with Gasteiger partial charge in [-0.15, -0.1) is 0 Å². The number of hydrogen-bond acceptors (Lipinski definition) is 3. The summed E-state index contributed by atoms with van der Waals surface area (Å²) >= 11 is 0. The van der Waals surface area contributed by atoms with E-state index in [1.165, 1.54) is 18.3 Å². The van der Waals surface area contributed by atoms with Crippen LogP contribution in [0.3, 0.4) is 0 Å². The van der Waals surface area contributed by atoms with Crippen molar-refractivity contribution in [1.82, 2.24) is 9.97 Å². The van der Waals surface area contributed by atoms with Crippen molar-refractivity contribution in [2.24, 2.45) is 0 Å². The highest BCUT2D eigenvalue weighted by Crippen LogP contribution is 2.31. The Hall–Kier alpha value is -3.22. The van der Waals surface area contributed by atoms with Crippen LogP contribution in [0, 0.1) is 0 Å². The minimum Gasteiger partial charge on any atom is -0.321 e. The van der Waals surface area contributed by atoms with Gasteiger partial charge in [0.25, 0.3) is 5.91 Å². The summed E-state index contributed by atoms with van der Waals surface area (Å²) in [6, 6.07) is 11.5. The van der Waals surface area contributed by atoms with Crippen molar-refractivity contribution in [3.8, 4) is 11.3 Å². The van der Waals surface area contributed by atoms with Crippen molar-refractivity contribution in [2.45, 2.75) is 6.18 Å². The summed E-state index contributed by atoms with van der Waals surface area (Å²) in [5, 5.41) is 2.68. The number of amides is 1. The lowest BCUT2D eigenvalue weighted by Crippen LogP contribution is -2.11. The monoisotopic (exact) mass is 343 g/mol. The van der Waals surface area contributed by atoms with Gasteiger partial charge in [0.05, 0.1) is 23.1 Å². The average Bonchev–Trinajstić information content (AvgIpc) is 2.62. The van der Waals surface area contributed by atoms with E-state index in [1.54, 1.807) is 30.5 Å². The first-order valence-corrected chi connectivity index (χ1v) is 7.28. The number of carbonyl (C=O) groups is 1. The first-order valence-electron chi connectivity index (χ1n) is 7.28. The van der Waals surface area contributed by atoms with E-state index in [0.29, 0.717) is 16.8 Å². The Morgan fingerprint density at radius 3 is 2.40 bits per heavy atom. The minimum atomic E-state index is -4.43. The highest BCUT2D eigenvalue weighted by molar-refractivity contribution is 6.04. The van der Waals surface area contributed by atoms with Crippen LogP contribution in [0.1, 0.15) is 15.9 Å². The van der Waals surface area contributed by atoms with Gasteiger partial charge in [0.2, 0.25) is 0 Å². The van der Waals surface area contributed by atoms with Gasteiger partial charge in [-0.25, -0.2) is 0 Å². The Bertz CT molecular complexity index is 878. The number of nitrogens with zero attached hydrogens (tertiary/aromatic N) is 2. The van der Waals surface area contributed by atoms with Crippen LogP contribution in [0.4, 0.5) is 18.9 Å². The third-order valence-corrected chi connectivity index (χ3v) is 3.45. The standard InChI is InChI=1S/C18H12F3N3O/c19-18(20,21)14-7-9-23-16(10-14)12-3-5-13(6-4-12)17(25)24-15-2-1-8-22-11-15/h1-11H,(H,24,25). The number of rotatable bonds is 3. The molecule has 7 heteroatoms. The molecule has 4 nitrogen and oxygen atoms in total. The molecule has 25 heavy (non-hydrogen) atoms. The summed E-state index contributed by atoms with van der Waals surface area (Å²) in [5.74, 6) is -0.337. The predicted octanol–water partition coefficient (Wildman–Crippen LogP) is 4.41. The van der Waals surface area contributed by atoms with Crippen LogP contribution in [0.2, 0.25) is 0 Å². The predicted molar refractivity (Wildman–Crippen MR) is 86.9 cm³/mol. The molecule has 0 aliphatic carbocycles. The maximum absolute atomic E-state index is 12.8. The summed E-state index contributed by atoms with van der Waals surface area (Å²) in [5.41, 5.74) is 0.838. The molecule has 1 amide bonds. The van der Waals surface area contributed by atoms with Gasteiger partial charge in [0.1, 0.15) is 0 Å². The van der Waals surface area contributed by atoms with Crippen LogP contribution in [0.25, 0.3) is 11.3 Å². The second kappa shape index (κ2) is 6.72. The molecular formula is C18H12F3N3O. The van der Waals surface area contributed by atoms with Gasteiger partial charge in [0.15, 0.2) is 0 Å². The highest BCUT2D eigenvalue weighted by Gasteiger charge is 2.30. The number of benzene rings is 1. The topological polar surface area (TPSA) is 54.9 Å². The summed E-state index contributed by atoms with van der Waals surface area (Å²) in [6.45, 7) is 0. The number of carbonyl (C=O) groups excluding carboxylic acids is 1. The van der Waals surface area contributed by atoms with Crippen LogP contribution >= 0.6 is 0 Å². The molecule has 0 unspecified atom stereocenters. The molecule has 0 bridgehead atoms. The molecule has 0 saturated carbocycles. The molecule has 2 heterocycles. The van der Waals surface area contributed by atoms with Gasteiger partial charge in [-0.1, -0.05) is 12.1 Å². The lowest BCUT2D eigenvalue weighted by molar-refractivity contribution is -0.137. The Morgan fingerprint density at radius 1 is 1.00 bits per heavy atom. The van der Waals surface area contributed by atoms with E-state index in [2.05, 4.69) is 15.3 Å². The second-order valence-corrected chi connectivity index (χ2v) is 5.20. The van der Waals surface area contributed by atoms with Crippen molar-refractivity contribution >= 4 is 11.6 Å². The van der Waals surface area contributed by atoms with Crippen LogP contribution in [0.15, 0.2) is 67.1 Å². The zero-order valence-corrected chi connectivity index (χ0v) is 12.8. The molecule has 126 valence electrons. The molecule has 0 fully saturated rings. The number of nitrogens with one attached hydrogen (secondary N) is 1. The Labute approximate surface area is 141 Å². The van der Waals surface area contributed by atoms with Gasteiger partial charge in [-0.3, -0.25) is 14.8 Å². The van der Waals surface area contributed by atoms with Gasteiger partial charge >= 0.3 is 6.18 Å². The summed E-state index contributed by atoms with van der Waals surface area (Å²) in [7, 11) is 0. The van der Waals surface area contributed by atoms with E-state index >= 15 is 0 Å². The van der Waals surface area contributed by atoms with Crippen LogP contribution in [-0.4, -0.2) is 15.9 Å². The van der Waals surface area contributed by atoms with E-state index < -0.39 is 11.7 Å². The Kier molecular flexibility index (Phi) is 4.47. The molecule has 1 aromatic carbocycles. The van der Waals surface area contributed by atoms with Gasteiger partial charge < -0.3 is 5.32 Å². The van der Waals surface area contributed by atoms with Crippen LogP contribution in [-0.2, 0) is 6.18 Å². The van der Waals surface area contributed by atoms with E-state index in [1.807, 2.05) is 0 Å². The molecule has 3 aromatic rings. The maximum atomic E-state index is 12.8. The van der Waals surface area contributed by atoms with Crippen molar-refractivity contribution < 1.29 is 18.0 Å². The number of alkyl halides is 3. The second-order valence-electron chi connectivity index (χ2n) is 5.20. The molecule has 0 saturated heterocycles. The zero-order valence-electron chi connectivity index (χ0n) is 12.8. The van der Waals surface area contributed by atoms with Crippen LogP contribution < -0.4 is 5.32 Å². The van der Waals surface area contributed by atoms with Gasteiger partial charge in [-0.05, 0) is 36.4 Å². The number of hydrogen-bond donors (Lipinski definition) is 1. The molecule has 3 rings (SSSR count). The first kappa shape index (κ1) is 16.6. The molecule has 0 radical (unpaired) electrons. The third-order valence-electron chi connectivity index (χ3n) is 3.45. The number of pyridine rings is 2. The summed E-state index contributed by atoms with van der Waals surface area (Å²) in [6.07, 6.45) is -0.215. The van der Waals surface area contributed by atoms with Crippen LogP contribution in [0.5, 0.6) is 0 Å². The molecular weight excluding hydrogens is 331 g/mol. The molecule has 0 aliphatic rings. The molecule has 1 N–H and O–H groups in total. The van der Waals surface area contributed by atoms with E-state index in [9.17, 15) is 18.0 Å². The number of aromatic nitrogens is 2. The van der Waals surface area contributed by atoms with Gasteiger partial charge in [0, 0.05) is 23.5 Å². The van der Waals surface area contributed by atoms with Crippen molar-refractivity contribution in [1.29, 1.82) is 0 Å². The fourth-order valence-corrected chi connectivity index (χ4v) is 2.20. The average molecular weight is 343 g/mol. The molecule has 2 aromatic heterocycles. The maximum Gasteiger partial charge on any atom is 0.416 e. The molecule has 0 aliphatic heterocycles. The fourth-order valence-electron chi connectivity index (χ4n) is 2.20. The normalized spacial score (nSPS) is 11.2. The Morgan fingerprint density at radius 2 is 1.76 bits per heavy atom.